The van der Waals surface area contributed by atoms with Gasteiger partial charge in [0.15, 0.2) is 11.5 Å². The van der Waals surface area contributed by atoms with Gasteiger partial charge in [-0.05, 0) is 23.8 Å². The molecule has 0 fully saturated rings. The minimum Gasteiger partial charge on any atom is -0.504 e. The highest BCUT2D eigenvalue weighted by atomic mass is 32.1. The second-order valence-corrected chi connectivity index (χ2v) is 5.75. The van der Waals surface area contributed by atoms with Crippen LogP contribution in [0, 0.1) is 0 Å². The predicted octanol–water partition coefficient (Wildman–Crippen LogP) is 3.94. The summed E-state index contributed by atoms with van der Waals surface area (Å²) in [6, 6.07) is 14.7. The van der Waals surface area contributed by atoms with Crippen LogP contribution in [0.4, 0.5) is 0 Å². The van der Waals surface area contributed by atoms with Crippen molar-refractivity contribution >= 4 is 11.3 Å². The van der Waals surface area contributed by atoms with Crippen LogP contribution in [0.3, 0.4) is 0 Å². The van der Waals surface area contributed by atoms with E-state index in [0.29, 0.717) is 13.2 Å². The van der Waals surface area contributed by atoms with Crippen LogP contribution in [0.1, 0.15) is 10.6 Å². The number of aromatic nitrogens is 1. The Bertz CT molecular complexity index is 756. The first kappa shape index (κ1) is 14.6. The number of nitrogens with zero attached hydrogens (tertiary/aromatic N) is 1. The second kappa shape index (κ2) is 6.60. The lowest BCUT2D eigenvalue weighted by Gasteiger charge is -2.02. The maximum Gasteiger partial charge on any atom is 0.158 e. The zero-order chi connectivity index (χ0) is 15.4. The van der Waals surface area contributed by atoms with Crippen molar-refractivity contribution in [2.75, 3.05) is 0 Å². The summed E-state index contributed by atoms with van der Waals surface area (Å²) in [6.45, 7) is 0.999. The molecule has 1 heterocycles. The topological polar surface area (TPSA) is 62.6 Å². The molecule has 112 valence electrons. The molecule has 0 aliphatic heterocycles. The molecule has 5 heteroatoms. The summed E-state index contributed by atoms with van der Waals surface area (Å²) in [7, 11) is 0. The molecule has 22 heavy (non-hydrogen) atoms. The average molecular weight is 313 g/mol. The summed E-state index contributed by atoms with van der Waals surface area (Å²) in [6.07, 6.45) is 0. The van der Waals surface area contributed by atoms with Crippen LogP contribution in [-0.2, 0) is 18.0 Å². The monoisotopic (exact) mass is 313 g/mol. The number of phenols is 2. The van der Waals surface area contributed by atoms with Crippen molar-refractivity contribution < 1.29 is 14.9 Å². The number of thiazole rings is 1. The summed E-state index contributed by atoms with van der Waals surface area (Å²) in [5.41, 5.74) is 2.65. The average Bonchev–Trinajstić information content (AvgIpc) is 3.00. The Kier molecular flexibility index (Phi) is 4.37. The first-order chi connectivity index (χ1) is 10.7. The van der Waals surface area contributed by atoms with Gasteiger partial charge >= 0.3 is 0 Å². The first-order valence-electron chi connectivity index (χ1n) is 6.81. The van der Waals surface area contributed by atoms with Gasteiger partial charge in [0, 0.05) is 10.9 Å². The number of aromatic hydroxyl groups is 2. The fourth-order valence-electron chi connectivity index (χ4n) is 2.02. The molecule has 1 aromatic heterocycles. The number of phenolic OH excluding ortho intramolecular Hbond substituents is 2. The highest BCUT2D eigenvalue weighted by Gasteiger charge is 2.07. The molecule has 0 atom stereocenters. The Labute approximate surface area is 132 Å². The molecule has 0 aliphatic rings. The molecule has 0 saturated heterocycles. The Morgan fingerprint density at radius 3 is 2.55 bits per heavy atom. The molecule has 0 saturated carbocycles. The minimum atomic E-state index is -0.146. The van der Waals surface area contributed by atoms with Crippen molar-refractivity contribution in [2.24, 2.45) is 0 Å². The summed E-state index contributed by atoms with van der Waals surface area (Å²) in [4.78, 5) is 4.48. The molecule has 2 aromatic carbocycles. The third-order valence-electron chi connectivity index (χ3n) is 3.16. The normalized spacial score (nSPS) is 10.7. The van der Waals surface area contributed by atoms with Crippen molar-refractivity contribution in [2.45, 2.75) is 13.2 Å². The summed E-state index contributed by atoms with van der Waals surface area (Å²) in [5, 5.41) is 21.7. The molecule has 0 amide bonds. The number of ether oxygens (including phenoxy) is 1. The third-order valence-corrected chi connectivity index (χ3v) is 3.98. The van der Waals surface area contributed by atoms with Gasteiger partial charge < -0.3 is 14.9 Å². The molecule has 0 aliphatic carbocycles. The van der Waals surface area contributed by atoms with E-state index in [4.69, 9.17) is 4.74 Å². The summed E-state index contributed by atoms with van der Waals surface area (Å²) in [5.74, 6) is -0.280. The molecular formula is C17H15NO3S. The van der Waals surface area contributed by atoms with E-state index in [1.54, 1.807) is 6.07 Å². The van der Waals surface area contributed by atoms with Crippen LogP contribution >= 0.6 is 11.3 Å². The number of rotatable bonds is 5. The Balaban J connectivity index is 1.62. The van der Waals surface area contributed by atoms with Gasteiger partial charge in [0.25, 0.3) is 0 Å². The lowest BCUT2D eigenvalue weighted by molar-refractivity contribution is 0.107. The largest absolute Gasteiger partial charge is 0.504 e. The van der Waals surface area contributed by atoms with E-state index >= 15 is 0 Å². The first-order valence-corrected chi connectivity index (χ1v) is 7.69. The van der Waals surface area contributed by atoms with Crippen molar-refractivity contribution in [3.63, 3.8) is 0 Å². The molecule has 0 unspecified atom stereocenters. The van der Waals surface area contributed by atoms with Gasteiger partial charge in [0.1, 0.15) is 5.01 Å². The lowest BCUT2D eigenvalue weighted by Crippen LogP contribution is -1.93. The number of benzene rings is 2. The number of hydrogen-bond donors (Lipinski definition) is 2. The highest BCUT2D eigenvalue weighted by Crippen LogP contribution is 2.31. The standard InChI is InChI=1S/C17H15NO3S/c19-15-7-6-13(8-16(15)20)14-11-22-17(18-14)10-21-9-12-4-2-1-3-5-12/h1-8,11,19-20H,9-10H2. The SMILES string of the molecule is Oc1ccc(-c2csc(COCc3ccccc3)n2)cc1O. The molecule has 2 N–H and O–H groups in total. The molecule has 0 spiro atoms. The highest BCUT2D eigenvalue weighted by molar-refractivity contribution is 7.09. The summed E-state index contributed by atoms with van der Waals surface area (Å²) >= 11 is 1.51. The van der Waals surface area contributed by atoms with Gasteiger partial charge in [-0.1, -0.05) is 30.3 Å². The number of hydrogen-bond acceptors (Lipinski definition) is 5. The van der Waals surface area contributed by atoms with Crippen LogP contribution in [0.2, 0.25) is 0 Å². The van der Waals surface area contributed by atoms with Crippen LogP contribution in [0.5, 0.6) is 11.5 Å². The second-order valence-electron chi connectivity index (χ2n) is 4.81. The lowest BCUT2D eigenvalue weighted by atomic mass is 10.1. The fourth-order valence-corrected chi connectivity index (χ4v) is 2.76. The maximum atomic E-state index is 9.54. The predicted molar refractivity (Wildman–Crippen MR) is 85.8 cm³/mol. The van der Waals surface area contributed by atoms with E-state index in [9.17, 15) is 10.2 Å². The van der Waals surface area contributed by atoms with E-state index in [2.05, 4.69) is 4.98 Å². The van der Waals surface area contributed by atoms with Gasteiger partial charge in [0.05, 0.1) is 18.9 Å². The molecule has 0 radical (unpaired) electrons. The quantitative estimate of drug-likeness (QED) is 0.700. The summed E-state index contributed by atoms with van der Waals surface area (Å²) < 4.78 is 5.66. The van der Waals surface area contributed by atoms with Crippen molar-refractivity contribution in [3.8, 4) is 22.8 Å². The molecular weight excluding hydrogens is 298 g/mol. The van der Waals surface area contributed by atoms with Gasteiger partial charge in [-0.25, -0.2) is 4.98 Å². The van der Waals surface area contributed by atoms with Gasteiger partial charge in [-0.2, -0.15) is 0 Å². The van der Waals surface area contributed by atoms with E-state index in [1.807, 2.05) is 35.7 Å². The van der Waals surface area contributed by atoms with Crippen LogP contribution in [0.25, 0.3) is 11.3 Å². The third kappa shape index (κ3) is 3.44. The van der Waals surface area contributed by atoms with E-state index < -0.39 is 0 Å². The van der Waals surface area contributed by atoms with Crippen molar-refractivity contribution in [1.82, 2.24) is 4.98 Å². The zero-order valence-electron chi connectivity index (χ0n) is 11.8. The van der Waals surface area contributed by atoms with Gasteiger partial charge in [-0.15, -0.1) is 11.3 Å². The minimum absolute atomic E-state index is 0.134. The zero-order valence-corrected chi connectivity index (χ0v) is 12.6. The van der Waals surface area contributed by atoms with Gasteiger partial charge in [-0.3, -0.25) is 0 Å². The van der Waals surface area contributed by atoms with Crippen molar-refractivity contribution in [1.29, 1.82) is 0 Å². The fraction of sp³-hybridized carbons (Fsp3) is 0.118. The van der Waals surface area contributed by atoms with Crippen molar-refractivity contribution in [3.05, 3.63) is 64.5 Å². The Hall–Kier alpha value is -2.37. The van der Waals surface area contributed by atoms with Crippen LogP contribution < -0.4 is 0 Å². The van der Waals surface area contributed by atoms with Crippen LogP contribution in [0.15, 0.2) is 53.9 Å². The maximum absolute atomic E-state index is 9.54. The molecule has 3 aromatic rings. The molecule has 0 bridgehead atoms. The van der Waals surface area contributed by atoms with Crippen LogP contribution in [-0.4, -0.2) is 15.2 Å². The Morgan fingerprint density at radius 1 is 0.955 bits per heavy atom. The van der Waals surface area contributed by atoms with Gasteiger partial charge in [0.2, 0.25) is 0 Å². The van der Waals surface area contributed by atoms with E-state index in [0.717, 1.165) is 21.8 Å². The smallest absolute Gasteiger partial charge is 0.158 e. The molecule has 4 nitrogen and oxygen atoms in total. The van der Waals surface area contributed by atoms with E-state index in [1.165, 1.54) is 23.5 Å². The Morgan fingerprint density at radius 2 is 1.77 bits per heavy atom. The molecule has 3 rings (SSSR count). The van der Waals surface area contributed by atoms with E-state index in [-0.39, 0.29) is 11.5 Å².